The molecule has 19 heavy (non-hydrogen) atoms. The Hall–Kier alpha value is -1.55. The van der Waals surface area contributed by atoms with Crippen molar-refractivity contribution in [3.8, 4) is 17.0 Å². The molecule has 2 N–H and O–H groups in total. The van der Waals surface area contributed by atoms with E-state index in [1.165, 1.54) is 5.56 Å². The molecule has 1 aromatic heterocycles. The maximum atomic E-state index is 6.11. The van der Waals surface area contributed by atoms with E-state index in [-0.39, 0.29) is 5.60 Å². The molecule has 2 aromatic rings. The normalized spacial score (nSPS) is 16.2. The molecule has 0 unspecified atom stereocenters. The van der Waals surface area contributed by atoms with E-state index < -0.39 is 0 Å². The molecule has 0 bridgehead atoms. The summed E-state index contributed by atoms with van der Waals surface area (Å²) in [4.78, 5) is 4.64. The van der Waals surface area contributed by atoms with Gasteiger partial charge in [-0.25, -0.2) is 4.98 Å². The van der Waals surface area contributed by atoms with Gasteiger partial charge in [-0.3, -0.25) is 0 Å². The highest BCUT2D eigenvalue weighted by Crippen LogP contribution is 2.44. The Labute approximate surface area is 117 Å². The van der Waals surface area contributed by atoms with Gasteiger partial charge in [-0.15, -0.1) is 11.3 Å². The van der Waals surface area contributed by atoms with Crippen LogP contribution in [0.4, 0.5) is 5.00 Å². The average Bonchev–Trinajstić information content (AvgIpc) is 2.86. The summed E-state index contributed by atoms with van der Waals surface area (Å²) in [5.74, 6) is 0.951. The molecule has 0 radical (unpaired) electrons. The Morgan fingerprint density at radius 3 is 2.89 bits per heavy atom. The highest BCUT2D eigenvalue weighted by atomic mass is 32.1. The SMILES string of the molecule is CCc1nc(-c2cccc3c2OC(C)(C)C3)c(N)s1. The van der Waals surface area contributed by atoms with Crippen LogP contribution in [0.15, 0.2) is 18.2 Å². The third-order valence-corrected chi connectivity index (χ3v) is 4.38. The lowest BCUT2D eigenvalue weighted by molar-refractivity contribution is 0.139. The van der Waals surface area contributed by atoms with Crippen LogP contribution in [0.5, 0.6) is 5.75 Å². The molecule has 1 aliphatic rings. The molecule has 2 heterocycles. The number of anilines is 1. The maximum absolute atomic E-state index is 6.11. The van der Waals surface area contributed by atoms with Gasteiger partial charge in [0.05, 0.1) is 5.01 Å². The summed E-state index contributed by atoms with van der Waals surface area (Å²) in [5, 5.41) is 1.85. The third kappa shape index (κ3) is 2.10. The number of hydrogen-bond donors (Lipinski definition) is 1. The summed E-state index contributed by atoms with van der Waals surface area (Å²) in [7, 11) is 0. The zero-order valence-corrected chi connectivity index (χ0v) is 12.3. The van der Waals surface area contributed by atoms with Gasteiger partial charge >= 0.3 is 0 Å². The smallest absolute Gasteiger partial charge is 0.132 e. The van der Waals surface area contributed by atoms with Gasteiger partial charge in [0, 0.05) is 12.0 Å². The second-order valence-electron chi connectivity index (χ2n) is 5.51. The van der Waals surface area contributed by atoms with Crippen molar-refractivity contribution in [3.63, 3.8) is 0 Å². The molecule has 0 fully saturated rings. The molecular weight excluding hydrogens is 256 g/mol. The number of thiazole rings is 1. The minimum atomic E-state index is -0.142. The van der Waals surface area contributed by atoms with Crippen LogP contribution in [-0.4, -0.2) is 10.6 Å². The molecule has 100 valence electrons. The first kappa shape index (κ1) is 12.5. The number of nitrogens with two attached hydrogens (primary N) is 1. The lowest BCUT2D eigenvalue weighted by Gasteiger charge is -2.18. The number of hydrogen-bond acceptors (Lipinski definition) is 4. The minimum Gasteiger partial charge on any atom is -0.487 e. The molecule has 0 amide bonds. The molecule has 4 heteroatoms. The molecule has 0 spiro atoms. The Balaban J connectivity index is 2.13. The molecule has 0 saturated carbocycles. The van der Waals surface area contributed by atoms with Gasteiger partial charge in [0.25, 0.3) is 0 Å². The number of rotatable bonds is 2. The summed E-state index contributed by atoms with van der Waals surface area (Å²) in [6, 6.07) is 6.23. The van der Waals surface area contributed by atoms with Gasteiger partial charge in [-0.05, 0) is 31.9 Å². The van der Waals surface area contributed by atoms with Crippen LogP contribution in [0.25, 0.3) is 11.3 Å². The number of aromatic nitrogens is 1. The zero-order chi connectivity index (χ0) is 13.6. The van der Waals surface area contributed by atoms with Crippen molar-refractivity contribution in [1.82, 2.24) is 4.98 Å². The standard InChI is InChI=1S/C15H18N2OS/c1-4-11-17-12(14(16)19-11)10-7-5-6-9-8-15(2,3)18-13(9)10/h5-7H,4,8,16H2,1-3H3. The highest BCUT2D eigenvalue weighted by molar-refractivity contribution is 7.16. The number of para-hydroxylation sites is 1. The van der Waals surface area contributed by atoms with Gasteiger partial charge in [0.15, 0.2) is 0 Å². The van der Waals surface area contributed by atoms with Crippen LogP contribution in [0.3, 0.4) is 0 Å². The van der Waals surface area contributed by atoms with Crippen molar-refractivity contribution in [1.29, 1.82) is 0 Å². The fraction of sp³-hybridized carbons (Fsp3) is 0.400. The van der Waals surface area contributed by atoms with Gasteiger partial charge in [-0.1, -0.05) is 19.1 Å². The third-order valence-electron chi connectivity index (χ3n) is 3.35. The van der Waals surface area contributed by atoms with Crippen molar-refractivity contribution >= 4 is 16.3 Å². The quantitative estimate of drug-likeness (QED) is 0.909. The van der Waals surface area contributed by atoms with Crippen LogP contribution < -0.4 is 10.5 Å². The molecule has 0 atom stereocenters. The van der Waals surface area contributed by atoms with E-state index >= 15 is 0 Å². The molecule has 1 aliphatic heterocycles. The van der Waals surface area contributed by atoms with Gasteiger partial charge in [-0.2, -0.15) is 0 Å². The number of fused-ring (bicyclic) bond motifs is 1. The van der Waals surface area contributed by atoms with E-state index in [0.29, 0.717) is 0 Å². The largest absolute Gasteiger partial charge is 0.487 e. The predicted octanol–water partition coefficient (Wildman–Crippen LogP) is 3.67. The summed E-state index contributed by atoms with van der Waals surface area (Å²) in [5.41, 5.74) is 9.11. The fourth-order valence-electron chi connectivity index (χ4n) is 2.52. The van der Waals surface area contributed by atoms with E-state index in [1.807, 2.05) is 6.07 Å². The van der Waals surface area contributed by atoms with Crippen LogP contribution >= 0.6 is 11.3 Å². The van der Waals surface area contributed by atoms with Crippen molar-refractivity contribution in [2.75, 3.05) is 5.73 Å². The van der Waals surface area contributed by atoms with E-state index in [4.69, 9.17) is 10.5 Å². The average molecular weight is 274 g/mol. The monoisotopic (exact) mass is 274 g/mol. The van der Waals surface area contributed by atoms with E-state index in [0.717, 1.165) is 39.9 Å². The first-order valence-corrected chi connectivity index (χ1v) is 7.38. The second kappa shape index (κ2) is 4.23. The summed E-state index contributed by atoms with van der Waals surface area (Å²) in [6.07, 6.45) is 1.84. The van der Waals surface area contributed by atoms with Crippen molar-refractivity contribution < 1.29 is 4.74 Å². The first-order chi connectivity index (χ1) is 9.00. The number of ether oxygens (including phenoxy) is 1. The topological polar surface area (TPSA) is 48.1 Å². The lowest BCUT2D eigenvalue weighted by Crippen LogP contribution is -2.24. The second-order valence-corrected chi connectivity index (χ2v) is 6.62. The Morgan fingerprint density at radius 1 is 1.42 bits per heavy atom. The van der Waals surface area contributed by atoms with Crippen LogP contribution in [0.1, 0.15) is 31.3 Å². The van der Waals surface area contributed by atoms with E-state index in [1.54, 1.807) is 11.3 Å². The number of aryl methyl sites for hydroxylation is 1. The molecule has 3 nitrogen and oxygen atoms in total. The van der Waals surface area contributed by atoms with Crippen LogP contribution in [0, 0.1) is 0 Å². The van der Waals surface area contributed by atoms with Gasteiger partial charge < -0.3 is 10.5 Å². The van der Waals surface area contributed by atoms with Crippen LogP contribution in [-0.2, 0) is 12.8 Å². The fourth-order valence-corrected chi connectivity index (χ4v) is 3.31. The summed E-state index contributed by atoms with van der Waals surface area (Å²) >= 11 is 1.57. The summed E-state index contributed by atoms with van der Waals surface area (Å²) in [6.45, 7) is 6.31. The maximum Gasteiger partial charge on any atom is 0.132 e. The Morgan fingerprint density at radius 2 is 2.21 bits per heavy atom. The number of nitrogen functional groups attached to an aromatic ring is 1. The molecule has 1 aromatic carbocycles. The number of benzene rings is 1. The summed E-state index contributed by atoms with van der Waals surface area (Å²) < 4.78 is 6.09. The molecule has 0 saturated heterocycles. The lowest BCUT2D eigenvalue weighted by atomic mass is 10.00. The number of nitrogens with zero attached hydrogens (tertiary/aromatic N) is 1. The Kier molecular flexibility index (Phi) is 2.78. The van der Waals surface area contributed by atoms with Crippen molar-refractivity contribution in [2.45, 2.75) is 39.2 Å². The van der Waals surface area contributed by atoms with E-state index in [2.05, 4.69) is 37.9 Å². The van der Waals surface area contributed by atoms with Crippen LogP contribution in [0.2, 0.25) is 0 Å². The molecule has 3 rings (SSSR count). The van der Waals surface area contributed by atoms with Crippen molar-refractivity contribution in [2.24, 2.45) is 0 Å². The van der Waals surface area contributed by atoms with Gasteiger partial charge in [0.2, 0.25) is 0 Å². The molecular formula is C15H18N2OS. The first-order valence-electron chi connectivity index (χ1n) is 6.56. The Bertz CT molecular complexity index is 631. The van der Waals surface area contributed by atoms with E-state index in [9.17, 15) is 0 Å². The minimum absolute atomic E-state index is 0.142. The molecule has 0 aliphatic carbocycles. The van der Waals surface area contributed by atoms with Gasteiger partial charge in [0.1, 0.15) is 22.0 Å². The highest BCUT2D eigenvalue weighted by Gasteiger charge is 2.32. The zero-order valence-electron chi connectivity index (χ0n) is 11.5. The predicted molar refractivity (Wildman–Crippen MR) is 79.8 cm³/mol. The van der Waals surface area contributed by atoms with Crippen molar-refractivity contribution in [3.05, 3.63) is 28.8 Å².